The number of nitrogens with one attached hydrogen (secondary N) is 2. The van der Waals surface area contributed by atoms with E-state index in [2.05, 4.69) is 10.6 Å². The van der Waals surface area contributed by atoms with Crippen molar-refractivity contribution < 1.29 is 19.1 Å². The molecule has 1 atom stereocenters. The Kier molecular flexibility index (Phi) is 4.85. The number of carbonyl (C=O) groups is 3. The summed E-state index contributed by atoms with van der Waals surface area (Å²) < 4.78 is 5.12. The first kappa shape index (κ1) is 18.4. The molecule has 0 bridgehead atoms. The molecule has 0 spiro atoms. The topological polar surface area (TPSA) is 87.7 Å². The maximum absolute atomic E-state index is 12.9. The van der Waals surface area contributed by atoms with Gasteiger partial charge in [0.1, 0.15) is 17.8 Å². The van der Waals surface area contributed by atoms with Crippen molar-refractivity contribution in [3.63, 3.8) is 0 Å². The number of urea groups is 1. The van der Waals surface area contributed by atoms with E-state index >= 15 is 0 Å². The fourth-order valence-electron chi connectivity index (χ4n) is 3.01. The summed E-state index contributed by atoms with van der Waals surface area (Å²) in [6.45, 7) is 3.13. The number of para-hydroxylation sites is 1. The standard InChI is InChI=1S/C20H21N3O4/c1-13-6-4-5-7-16(13)21-17(24)12-23-18(25)20(2,22-19(23)26)14-8-10-15(27-3)11-9-14/h4-11H,12H2,1-3H3,(H,21,24)(H,22,26)/t20-/m1/s1. The Labute approximate surface area is 157 Å². The average Bonchev–Trinajstić information content (AvgIpc) is 2.88. The summed E-state index contributed by atoms with van der Waals surface area (Å²) in [4.78, 5) is 38.5. The zero-order valence-electron chi connectivity index (χ0n) is 15.4. The maximum Gasteiger partial charge on any atom is 0.325 e. The van der Waals surface area contributed by atoms with Crippen LogP contribution in [0.4, 0.5) is 10.5 Å². The van der Waals surface area contributed by atoms with Crippen molar-refractivity contribution in [3.8, 4) is 5.75 Å². The predicted molar refractivity (Wildman–Crippen MR) is 100 cm³/mol. The summed E-state index contributed by atoms with van der Waals surface area (Å²) in [5.74, 6) is -0.266. The number of rotatable bonds is 5. The molecule has 1 fully saturated rings. The van der Waals surface area contributed by atoms with Crippen LogP contribution >= 0.6 is 0 Å². The molecule has 4 amide bonds. The third-order valence-corrected chi connectivity index (χ3v) is 4.66. The van der Waals surface area contributed by atoms with E-state index in [0.717, 1.165) is 10.5 Å². The molecule has 2 N–H and O–H groups in total. The third-order valence-electron chi connectivity index (χ3n) is 4.66. The molecular weight excluding hydrogens is 346 g/mol. The quantitative estimate of drug-likeness (QED) is 0.795. The molecule has 1 saturated heterocycles. The highest BCUT2D eigenvalue weighted by Gasteiger charge is 2.49. The molecule has 27 heavy (non-hydrogen) atoms. The molecule has 0 aliphatic carbocycles. The van der Waals surface area contributed by atoms with Crippen molar-refractivity contribution in [2.45, 2.75) is 19.4 Å². The number of imide groups is 1. The number of carbonyl (C=O) groups excluding carboxylic acids is 3. The fourth-order valence-corrected chi connectivity index (χ4v) is 3.01. The van der Waals surface area contributed by atoms with Crippen LogP contribution in [0.2, 0.25) is 0 Å². The monoisotopic (exact) mass is 367 g/mol. The number of hydrogen-bond acceptors (Lipinski definition) is 4. The predicted octanol–water partition coefficient (Wildman–Crippen LogP) is 2.41. The first-order chi connectivity index (χ1) is 12.8. The number of methoxy groups -OCH3 is 1. The lowest BCUT2D eigenvalue weighted by Gasteiger charge is -2.22. The summed E-state index contributed by atoms with van der Waals surface area (Å²) in [5, 5.41) is 5.41. The molecule has 3 rings (SSSR count). The second kappa shape index (κ2) is 7.11. The Hall–Kier alpha value is -3.35. The molecule has 0 radical (unpaired) electrons. The van der Waals surface area contributed by atoms with Crippen LogP contribution in [-0.4, -0.2) is 36.4 Å². The van der Waals surface area contributed by atoms with Gasteiger partial charge in [-0.2, -0.15) is 0 Å². The normalized spacial score (nSPS) is 19.0. The van der Waals surface area contributed by atoms with E-state index in [1.54, 1.807) is 50.4 Å². The highest BCUT2D eigenvalue weighted by molar-refractivity contribution is 6.10. The number of anilines is 1. The molecule has 2 aromatic carbocycles. The molecule has 1 aliphatic heterocycles. The summed E-state index contributed by atoms with van der Waals surface area (Å²) in [5.41, 5.74) is 0.925. The summed E-state index contributed by atoms with van der Waals surface area (Å²) in [6, 6.07) is 13.6. The minimum atomic E-state index is -1.23. The number of amides is 4. The van der Waals surface area contributed by atoms with Gasteiger partial charge in [0.05, 0.1) is 7.11 Å². The van der Waals surface area contributed by atoms with Crippen molar-refractivity contribution in [1.82, 2.24) is 10.2 Å². The molecule has 7 heteroatoms. The van der Waals surface area contributed by atoms with E-state index in [1.807, 2.05) is 19.1 Å². The Morgan fingerprint density at radius 1 is 1.15 bits per heavy atom. The van der Waals surface area contributed by atoms with Gasteiger partial charge in [-0.05, 0) is 43.2 Å². The van der Waals surface area contributed by atoms with Gasteiger partial charge in [0.2, 0.25) is 5.91 Å². The Morgan fingerprint density at radius 3 is 2.44 bits per heavy atom. The van der Waals surface area contributed by atoms with Crippen molar-refractivity contribution in [1.29, 1.82) is 0 Å². The van der Waals surface area contributed by atoms with Gasteiger partial charge in [-0.15, -0.1) is 0 Å². The van der Waals surface area contributed by atoms with Gasteiger partial charge >= 0.3 is 6.03 Å². The first-order valence-electron chi connectivity index (χ1n) is 8.49. The zero-order valence-corrected chi connectivity index (χ0v) is 15.4. The third kappa shape index (κ3) is 3.48. The van der Waals surface area contributed by atoms with E-state index in [1.165, 1.54) is 0 Å². The molecular formula is C20H21N3O4. The molecule has 7 nitrogen and oxygen atoms in total. The van der Waals surface area contributed by atoms with E-state index < -0.39 is 23.4 Å². The van der Waals surface area contributed by atoms with Gasteiger partial charge in [0.15, 0.2) is 0 Å². The SMILES string of the molecule is COc1ccc([C@@]2(C)NC(=O)N(CC(=O)Nc3ccccc3C)C2=O)cc1. The molecule has 2 aromatic rings. The zero-order chi connectivity index (χ0) is 19.6. The Morgan fingerprint density at radius 2 is 1.81 bits per heavy atom. The van der Waals surface area contributed by atoms with Crippen molar-refractivity contribution in [2.24, 2.45) is 0 Å². The number of benzene rings is 2. The van der Waals surface area contributed by atoms with Crippen LogP contribution in [0.25, 0.3) is 0 Å². The average molecular weight is 367 g/mol. The van der Waals surface area contributed by atoms with E-state index in [0.29, 0.717) is 17.0 Å². The van der Waals surface area contributed by atoms with Crippen LogP contribution in [0.5, 0.6) is 5.75 Å². The van der Waals surface area contributed by atoms with Crippen LogP contribution in [0.3, 0.4) is 0 Å². The van der Waals surface area contributed by atoms with Crippen LogP contribution < -0.4 is 15.4 Å². The number of hydrogen-bond donors (Lipinski definition) is 2. The fraction of sp³-hybridized carbons (Fsp3) is 0.250. The second-order valence-corrected chi connectivity index (χ2v) is 6.54. The van der Waals surface area contributed by atoms with Gasteiger partial charge < -0.3 is 15.4 Å². The van der Waals surface area contributed by atoms with E-state index in [-0.39, 0.29) is 6.54 Å². The van der Waals surface area contributed by atoms with Gasteiger partial charge in [0.25, 0.3) is 5.91 Å². The lowest BCUT2D eigenvalue weighted by Crippen LogP contribution is -2.42. The lowest BCUT2D eigenvalue weighted by molar-refractivity contribution is -0.133. The molecule has 0 aromatic heterocycles. The molecule has 1 aliphatic rings. The van der Waals surface area contributed by atoms with Gasteiger partial charge in [-0.3, -0.25) is 14.5 Å². The van der Waals surface area contributed by atoms with Crippen LogP contribution in [0.15, 0.2) is 48.5 Å². The summed E-state index contributed by atoms with van der Waals surface area (Å²) >= 11 is 0. The summed E-state index contributed by atoms with van der Waals surface area (Å²) in [7, 11) is 1.55. The largest absolute Gasteiger partial charge is 0.497 e. The van der Waals surface area contributed by atoms with Gasteiger partial charge in [0, 0.05) is 5.69 Å². The molecule has 0 unspecified atom stereocenters. The van der Waals surface area contributed by atoms with E-state index in [9.17, 15) is 14.4 Å². The number of ether oxygens (including phenoxy) is 1. The van der Waals surface area contributed by atoms with Crippen molar-refractivity contribution >= 4 is 23.5 Å². The molecule has 0 saturated carbocycles. The van der Waals surface area contributed by atoms with Crippen molar-refractivity contribution in [3.05, 3.63) is 59.7 Å². The first-order valence-corrected chi connectivity index (χ1v) is 8.49. The summed E-state index contributed by atoms with van der Waals surface area (Å²) in [6.07, 6.45) is 0. The van der Waals surface area contributed by atoms with Gasteiger partial charge in [-0.25, -0.2) is 4.79 Å². The second-order valence-electron chi connectivity index (χ2n) is 6.54. The molecule has 1 heterocycles. The van der Waals surface area contributed by atoms with Crippen LogP contribution in [0.1, 0.15) is 18.1 Å². The minimum absolute atomic E-state index is 0.356. The van der Waals surface area contributed by atoms with Crippen LogP contribution in [0, 0.1) is 6.92 Å². The number of aryl methyl sites for hydroxylation is 1. The van der Waals surface area contributed by atoms with Crippen molar-refractivity contribution in [2.75, 3.05) is 19.0 Å². The Bertz CT molecular complexity index is 894. The highest BCUT2D eigenvalue weighted by Crippen LogP contribution is 2.30. The smallest absolute Gasteiger partial charge is 0.325 e. The maximum atomic E-state index is 12.9. The van der Waals surface area contributed by atoms with Gasteiger partial charge in [-0.1, -0.05) is 30.3 Å². The van der Waals surface area contributed by atoms with Crippen LogP contribution in [-0.2, 0) is 15.1 Å². The number of nitrogens with zero attached hydrogens (tertiary/aromatic N) is 1. The minimum Gasteiger partial charge on any atom is -0.497 e. The lowest BCUT2D eigenvalue weighted by atomic mass is 9.92. The Balaban J connectivity index is 1.75. The molecule has 140 valence electrons. The van der Waals surface area contributed by atoms with E-state index in [4.69, 9.17) is 4.74 Å². The highest BCUT2D eigenvalue weighted by atomic mass is 16.5.